The van der Waals surface area contributed by atoms with E-state index in [1.54, 1.807) is 0 Å². The van der Waals surface area contributed by atoms with E-state index in [0.29, 0.717) is 13.0 Å². The first-order chi connectivity index (χ1) is 13.2. The smallest absolute Gasteiger partial charge is 0.303 e. The molecule has 1 aliphatic rings. The molecule has 0 radical (unpaired) electrons. The SMILES string of the molecule is O=C(O)CCCC1=CCC=C(OCc2ccc(-c3ccccc3)cc2)C=C1. The maximum atomic E-state index is 10.6. The maximum absolute atomic E-state index is 10.6. The van der Waals surface area contributed by atoms with Gasteiger partial charge >= 0.3 is 5.97 Å². The molecule has 0 bridgehead atoms. The fourth-order valence-corrected chi connectivity index (χ4v) is 2.98. The first-order valence-corrected chi connectivity index (χ1v) is 9.27. The lowest BCUT2D eigenvalue weighted by Crippen LogP contribution is -1.94. The normalized spacial score (nSPS) is 13.5. The van der Waals surface area contributed by atoms with Crippen molar-refractivity contribution < 1.29 is 14.6 Å². The number of carboxylic acid groups (broad SMARTS) is 1. The van der Waals surface area contributed by atoms with Crippen LogP contribution in [0.1, 0.15) is 31.2 Å². The van der Waals surface area contributed by atoms with Crippen molar-refractivity contribution in [2.75, 3.05) is 0 Å². The zero-order chi connectivity index (χ0) is 18.9. The Morgan fingerprint density at radius 2 is 1.67 bits per heavy atom. The molecule has 0 amide bonds. The Morgan fingerprint density at radius 3 is 2.41 bits per heavy atom. The first-order valence-electron chi connectivity index (χ1n) is 9.27. The van der Waals surface area contributed by atoms with Gasteiger partial charge in [-0.05, 0) is 48.1 Å². The third-order valence-electron chi connectivity index (χ3n) is 4.48. The third kappa shape index (κ3) is 6.00. The van der Waals surface area contributed by atoms with Crippen LogP contribution in [0.25, 0.3) is 11.1 Å². The average Bonchev–Trinajstić information content (AvgIpc) is 2.92. The number of ether oxygens (including phenoxy) is 1. The van der Waals surface area contributed by atoms with Crippen LogP contribution in [0.4, 0.5) is 0 Å². The molecule has 2 aromatic carbocycles. The summed E-state index contributed by atoms with van der Waals surface area (Å²) in [6, 6.07) is 18.7. The average molecular weight is 360 g/mol. The van der Waals surface area contributed by atoms with E-state index < -0.39 is 5.97 Å². The molecule has 3 heteroatoms. The van der Waals surface area contributed by atoms with Crippen molar-refractivity contribution in [2.24, 2.45) is 0 Å². The summed E-state index contributed by atoms with van der Waals surface area (Å²) < 4.78 is 5.93. The number of carboxylic acids is 1. The van der Waals surface area contributed by atoms with Gasteiger partial charge in [0.15, 0.2) is 0 Å². The molecule has 27 heavy (non-hydrogen) atoms. The van der Waals surface area contributed by atoms with Crippen LogP contribution in [-0.4, -0.2) is 11.1 Å². The number of carbonyl (C=O) groups is 1. The Hall–Kier alpha value is -3.07. The Labute approximate surface area is 160 Å². The first kappa shape index (κ1) is 18.7. The fourth-order valence-electron chi connectivity index (χ4n) is 2.98. The van der Waals surface area contributed by atoms with Crippen LogP contribution >= 0.6 is 0 Å². The lowest BCUT2D eigenvalue weighted by Gasteiger charge is -2.08. The Bertz CT molecular complexity index is 843. The largest absolute Gasteiger partial charge is 0.489 e. The third-order valence-corrected chi connectivity index (χ3v) is 4.48. The van der Waals surface area contributed by atoms with E-state index >= 15 is 0 Å². The molecule has 0 aliphatic heterocycles. The van der Waals surface area contributed by atoms with Gasteiger partial charge in [0, 0.05) is 6.42 Å². The van der Waals surface area contributed by atoms with Crippen molar-refractivity contribution in [3.63, 3.8) is 0 Å². The second-order valence-corrected chi connectivity index (χ2v) is 6.55. The molecule has 0 atom stereocenters. The van der Waals surface area contributed by atoms with E-state index in [9.17, 15) is 4.79 Å². The second kappa shape index (κ2) is 9.58. The number of hydrogen-bond donors (Lipinski definition) is 1. The topological polar surface area (TPSA) is 46.5 Å². The summed E-state index contributed by atoms with van der Waals surface area (Å²) >= 11 is 0. The van der Waals surface area contributed by atoms with Crippen molar-refractivity contribution in [1.29, 1.82) is 0 Å². The van der Waals surface area contributed by atoms with E-state index in [0.717, 1.165) is 24.2 Å². The van der Waals surface area contributed by atoms with E-state index in [1.165, 1.54) is 16.7 Å². The molecule has 3 rings (SSSR count). The molecule has 1 aliphatic carbocycles. The van der Waals surface area contributed by atoms with Gasteiger partial charge < -0.3 is 9.84 Å². The number of hydrogen-bond acceptors (Lipinski definition) is 2. The molecule has 0 aromatic heterocycles. The van der Waals surface area contributed by atoms with Crippen LogP contribution in [0.15, 0.2) is 90.2 Å². The van der Waals surface area contributed by atoms with Gasteiger partial charge in [0.25, 0.3) is 0 Å². The summed E-state index contributed by atoms with van der Waals surface area (Å²) in [6.45, 7) is 0.527. The summed E-state index contributed by atoms with van der Waals surface area (Å²) in [5, 5.41) is 8.73. The number of aliphatic carboxylic acids is 1. The van der Waals surface area contributed by atoms with E-state index in [-0.39, 0.29) is 6.42 Å². The lowest BCUT2D eigenvalue weighted by molar-refractivity contribution is -0.137. The van der Waals surface area contributed by atoms with E-state index in [4.69, 9.17) is 9.84 Å². The molecular weight excluding hydrogens is 336 g/mol. The van der Waals surface area contributed by atoms with Gasteiger partial charge in [-0.2, -0.15) is 0 Å². The van der Waals surface area contributed by atoms with Crippen molar-refractivity contribution in [2.45, 2.75) is 32.3 Å². The summed E-state index contributed by atoms with van der Waals surface area (Å²) in [7, 11) is 0. The number of benzene rings is 2. The van der Waals surface area contributed by atoms with Crippen LogP contribution in [-0.2, 0) is 16.1 Å². The van der Waals surface area contributed by atoms with Crippen molar-refractivity contribution in [1.82, 2.24) is 0 Å². The minimum absolute atomic E-state index is 0.209. The Kier molecular flexibility index (Phi) is 6.64. The van der Waals surface area contributed by atoms with Gasteiger partial charge in [0.1, 0.15) is 12.4 Å². The fraction of sp³-hybridized carbons (Fsp3) is 0.208. The van der Waals surface area contributed by atoms with Crippen molar-refractivity contribution >= 4 is 5.97 Å². The molecule has 2 aromatic rings. The molecule has 0 unspecified atom stereocenters. The zero-order valence-electron chi connectivity index (χ0n) is 15.3. The highest BCUT2D eigenvalue weighted by molar-refractivity contribution is 5.66. The van der Waals surface area contributed by atoms with Crippen LogP contribution in [0.3, 0.4) is 0 Å². The predicted molar refractivity (Wildman–Crippen MR) is 108 cm³/mol. The predicted octanol–water partition coefficient (Wildman–Crippen LogP) is 5.90. The molecule has 0 heterocycles. The van der Waals surface area contributed by atoms with Gasteiger partial charge in [-0.15, -0.1) is 0 Å². The second-order valence-electron chi connectivity index (χ2n) is 6.55. The van der Waals surface area contributed by atoms with Gasteiger partial charge in [-0.25, -0.2) is 0 Å². The molecule has 138 valence electrons. The Balaban J connectivity index is 1.50. The zero-order valence-corrected chi connectivity index (χ0v) is 15.3. The Morgan fingerprint density at radius 1 is 0.926 bits per heavy atom. The summed E-state index contributed by atoms with van der Waals surface area (Å²) in [5.41, 5.74) is 4.70. The standard InChI is InChI=1S/C24H24O3/c25-24(26)11-5-7-19-6-4-10-23(17-14-19)27-18-20-12-15-22(16-13-20)21-8-2-1-3-9-21/h1-3,6,8-10,12-17H,4-5,7,11,18H2,(H,25,26). The molecule has 0 spiro atoms. The molecule has 3 nitrogen and oxygen atoms in total. The molecule has 0 saturated carbocycles. The quantitative estimate of drug-likeness (QED) is 0.638. The van der Waals surface area contributed by atoms with Crippen LogP contribution < -0.4 is 0 Å². The van der Waals surface area contributed by atoms with Gasteiger partial charge in [-0.3, -0.25) is 4.79 Å². The van der Waals surface area contributed by atoms with Gasteiger partial charge in [0.05, 0.1) is 0 Å². The summed E-state index contributed by atoms with van der Waals surface area (Å²) in [6.07, 6.45) is 10.6. The highest BCUT2D eigenvalue weighted by Gasteiger charge is 2.03. The van der Waals surface area contributed by atoms with E-state index in [1.807, 2.05) is 30.4 Å². The highest BCUT2D eigenvalue weighted by atomic mass is 16.5. The van der Waals surface area contributed by atoms with E-state index in [2.05, 4.69) is 48.6 Å². The summed E-state index contributed by atoms with van der Waals surface area (Å²) in [5.74, 6) is 0.111. The minimum atomic E-state index is -0.742. The summed E-state index contributed by atoms with van der Waals surface area (Å²) in [4.78, 5) is 10.6. The lowest BCUT2D eigenvalue weighted by atomic mass is 10.0. The van der Waals surface area contributed by atoms with Crippen LogP contribution in [0.2, 0.25) is 0 Å². The minimum Gasteiger partial charge on any atom is -0.489 e. The highest BCUT2D eigenvalue weighted by Crippen LogP contribution is 2.21. The van der Waals surface area contributed by atoms with Gasteiger partial charge in [0.2, 0.25) is 0 Å². The van der Waals surface area contributed by atoms with Gasteiger partial charge in [-0.1, -0.05) is 72.3 Å². The molecule has 0 saturated heterocycles. The van der Waals surface area contributed by atoms with Crippen LogP contribution in [0.5, 0.6) is 0 Å². The van der Waals surface area contributed by atoms with Crippen molar-refractivity contribution in [3.05, 3.63) is 95.8 Å². The molecular formula is C24H24O3. The van der Waals surface area contributed by atoms with Crippen LogP contribution in [0, 0.1) is 0 Å². The maximum Gasteiger partial charge on any atom is 0.303 e. The molecule has 1 N–H and O–H groups in total. The number of rotatable bonds is 8. The monoisotopic (exact) mass is 360 g/mol. The van der Waals surface area contributed by atoms with Crippen molar-refractivity contribution in [3.8, 4) is 11.1 Å². The number of allylic oxidation sites excluding steroid dienone is 5. The molecule has 0 fully saturated rings.